The first-order valence-electron chi connectivity index (χ1n) is 6.10. The Morgan fingerprint density at radius 1 is 1.10 bits per heavy atom. The van der Waals surface area contributed by atoms with Crippen molar-refractivity contribution in [2.45, 2.75) is 0 Å². The molecular formula is C15H14N2O4. The van der Waals surface area contributed by atoms with Crippen molar-refractivity contribution in [2.75, 3.05) is 7.11 Å². The van der Waals surface area contributed by atoms with Gasteiger partial charge in [-0.1, -0.05) is 18.2 Å². The SMILES string of the molecule is COc1ccc(C(=O)c2ccccc2C(=O)NN)c(O)c1. The Kier molecular flexibility index (Phi) is 4.20. The number of carbonyl (C=O) groups is 2. The zero-order chi connectivity index (χ0) is 15.4. The van der Waals surface area contributed by atoms with E-state index in [-0.39, 0.29) is 22.4 Å². The maximum atomic E-state index is 12.5. The monoisotopic (exact) mass is 286 g/mol. The number of benzene rings is 2. The maximum absolute atomic E-state index is 12.5. The van der Waals surface area contributed by atoms with Crippen molar-refractivity contribution >= 4 is 11.7 Å². The van der Waals surface area contributed by atoms with Crippen LogP contribution in [-0.2, 0) is 0 Å². The Morgan fingerprint density at radius 3 is 2.33 bits per heavy atom. The molecule has 0 spiro atoms. The van der Waals surface area contributed by atoms with Gasteiger partial charge in [0.15, 0.2) is 5.78 Å². The van der Waals surface area contributed by atoms with Crippen LogP contribution in [0, 0.1) is 0 Å². The lowest BCUT2D eigenvalue weighted by Gasteiger charge is -2.09. The fourth-order valence-corrected chi connectivity index (χ4v) is 1.93. The first-order chi connectivity index (χ1) is 10.1. The predicted molar refractivity (Wildman–Crippen MR) is 76.2 cm³/mol. The summed E-state index contributed by atoms with van der Waals surface area (Å²) in [5.41, 5.74) is 2.36. The summed E-state index contributed by atoms with van der Waals surface area (Å²) in [7, 11) is 1.46. The Balaban J connectivity index is 2.48. The summed E-state index contributed by atoms with van der Waals surface area (Å²) in [4.78, 5) is 24.2. The summed E-state index contributed by atoms with van der Waals surface area (Å²) >= 11 is 0. The molecule has 2 rings (SSSR count). The van der Waals surface area contributed by atoms with Gasteiger partial charge in [0.05, 0.1) is 18.2 Å². The second-order valence-corrected chi connectivity index (χ2v) is 4.23. The highest BCUT2D eigenvalue weighted by Crippen LogP contribution is 2.26. The first-order valence-corrected chi connectivity index (χ1v) is 6.10. The standard InChI is InChI=1S/C15H14N2O4/c1-21-9-6-7-12(13(18)8-9)14(19)10-4-2-3-5-11(10)15(20)17-16/h2-8,18H,16H2,1H3,(H,17,20). The molecule has 2 aromatic rings. The van der Waals surface area contributed by atoms with Crippen molar-refractivity contribution in [1.29, 1.82) is 0 Å². The average molecular weight is 286 g/mol. The number of carbonyl (C=O) groups excluding carboxylic acids is 2. The van der Waals surface area contributed by atoms with E-state index in [2.05, 4.69) is 0 Å². The van der Waals surface area contributed by atoms with E-state index >= 15 is 0 Å². The van der Waals surface area contributed by atoms with Gasteiger partial charge in [-0.25, -0.2) is 5.84 Å². The molecule has 0 aliphatic heterocycles. The van der Waals surface area contributed by atoms with Gasteiger partial charge in [0.25, 0.3) is 5.91 Å². The number of amides is 1. The Morgan fingerprint density at radius 2 is 1.76 bits per heavy atom. The number of methoxy groups -OCH3 is 1. The van der Waals surface area contributed by atoms with Crippen LogP contribution in [0.5, 0.6) is 11.5 Å². The summed E-state index contributed by atoms with van der Waals surface area (Å²) < 4.78 is 4.96. The van der Waals surface area contributed by atoms with Crippen molar-refractivity contribution < 1.29 is 19.4 Å². The molecule has 0 saturated carbocycles. The number of ether oxygens (including phenoxy) is 1. The molecule has 0 radical (unpaired) electrons. The fourth-order valence-electron chi connectivity index (χ4n) is 1.93. The number of nitrogens with two attached hydrogens (primary N) is 1. The van der Waals surface area contributed by atoms with E-state index in [0.717, 1.165) is 0 Å². The van der Waals surface area contributed by atoms with Crippen LogP contribution in [-0.4, -0.2) is 23.9 Å². The Labute approximate surface area is 121 Å². The molecule has 6 nitrogen and oxygen atoms in total. The van der Waals surface area contributed by atoms with E-state index in [1.807, 2.05) is 5.43 Å². The van der Waals surface area contributed by atoms with Gasteiger partial charge in [0.2, 0.25) is 0 Å². The van der Waals surface area contributed by atoms with E-state index in [1.165, 1.54) is 31.4 Å². The number of hydrogen-bond acceptors (Lipinski definition) is 5. The van der Waals surface area contributed by atoms with Crippen LogP contribution in [0.1, 0.15) is 26.3 Å². The van der Waals surface area contributed by atoms with E-state index in [1.54, 1.807) is 18.2 Å². The molecule has 0 aliphatic rings. The molecule has 0 unspecified atom stereocenters. The summed E-state index contributed by atoms with van der Waals surface area (Å²) in [6, 6.07) is 10.5. The number of nitrogen functional groups attached to an aromatic ring is 1. The molecule has 0 bridgehead atoms. The third-order valence-corrected chi connectivity index (χ3v) is 3.00. The largest absolute Gasteiger partial charge is 0.507 e. The van der Waals surface area contributed by atoms with Crippen LogP contribution in [0.4, 0.5) is 0 Å². The lowest BCUT2D eigenvalue weighted by atomic mass is 9.97. The fraction of sp³-hybridized carbons (Fsp3) is 0.0667. The number of phenolic OH excluding ortho intramolecular Hbond substituents is 1. The molecule has 6 heteroatoms. The summed E-state index contributed by atoms with van der Waals surface area (Å²) in [5.74, 6) is 4.26. The highest BCUT2D eigenvalue weighted by Gasteiger charge is 2.20. The smallest absolute Gasteiger partial charge is 0.265 e. The van der Waals surface area contributed by atoms with E-state index in [4.69, 9.17) is 10.6 Å². The normalized spacial score (nSPS) is 10.0. The molecule has 0 saturated heterocycles. The number of phenols is 1. The molecule has 21 heavy (non-hydrogen) atoms. The predicted octanol–water partition coefficient (Wildman–Crippen LogP) is 1.24. The minimum Gasteiger partial charge on any atom is -0.507 e. The minimum absolute atomic E-state index is 0.0769. The highest BCUT2D eigenvalue weighted by molar-refractivity contribution is 6.16. The van der Waals surface area contributed by atoms with Crippen LogP contribution in [0.2, 0.25) is 0 Å². The van der Waals surface area contributed by atoms with Gasteiger partial charge in [0, 0.05) is 11.6 Å². The summed E-state index contributed by atoms with van der Waals surface area (Å²) in [5, 5.41) is 9.91. The lowest BCUT2D eigenvalue weighted by Crippen LogP contribution is -2.31. The van der Waals surface area contributed by atoms with Gasteiger partial charge < -0.3 is 9.84 Å². The Bertz CT molecular complexity index is 698. The van der Waals surface area contributed by atoms with E-state index < -0.39 is 11.7 Å². The molecule has 1 amide bonds. The zero-order valence-electron chi connectivity index (χ0n) is 11.3. The maximum Gasteiger partial charge on any atom is 0.265 e. The summed E-state index contributed by atoms with van der Waals surface area (Å²) in [6.07, 6.45) is 0. The first kappa shape index (κ1) is 14.5. The van der Waals surface area contributed by atoms with Crippen molar-refractivity contribution in [3.8, 4) is 11.5 Å². The molecule has 0 aromatic heterocycles. The van der Waals surface area contributed by atoms with Crippen LogP contribution in [0.3, 0.4) is 0 Å². The number of hydrogen-bond donors (Lipinski definition) is 3. The lowest BCUT2D eigenvalue weighted by molar-refractivity contribution is 0.0941. The molecule has 2 aromatic carbocycles. The van der Waals surface area contributed by atoms with Crippen molar-refractivity contribution in [3.05, 3.63) is 59.2 Å². The molecular weight excluding hydrogens is 272 g/mol. The van der Waals surface area contributed by atoms with Gasteiger partial charge in [-0.2, -0.15) is 0 Å². The van der Waals surface area contributed by atoms with Gasteiger partial charge >= 0.3 is 0 Å². The second kappa shape index (κ2) is 6.06. The molecule has 0 atom stereocenters. The second-order valence-electron chi connectivity index (χ2n) is 4.23. The van der Waals surface area contributed by atoms with Crippen molar-refractivity contribution in [1.82, 2.24) is 5.43 Å². The molecule has 108 valence electrons. The van der Waals surface area contributed by atoms with Crippen LogP contribution >= 0.6 is 0 Å². The quantitative estimate of drug-likeness (QED) is 0.339. The number of aromatic hydroxyl groups is 1. The zero-order valence-corrected chi connectivity index (χ0v) is 11.3. The van der Waals surface area contributed by atoms with Crippen LogP contribution < -0.4 is 16.0 Å². The van der Waals surface area contributed by atoms with Crippen molar-refractivity contribution in [3.63, 3.8) is 0 Å². The number of hydrazine groups is 1. The van der Waals surface area contributed by atoms with E-state index in [0.29, 0.717) is 5.75 Å². The minimum atomic E-state index is -0.577. The van der Waals surface area contributed by atoms with E-state index in [9.17, 15) is 14.7 Å². The highest BCUT2D eigenvalue weighted by atomic mass is 16.5. The average Bonchev–Trinajstić information content (AvgIpc) is 2.53. The third-order valence-electron chi connectivity index (χ3n) is 3.00. The number of nitrogens with one attached hydrogen (secondary N) is 1. The topological polar surface area (TPSA) is 102 Å². The van der Waals surface area contributed by atoms with Crippen molar-refractivity contribution in [2.24, 2.45) is 5.84 Å². The van der Waals surface area contributed by atoms with Gasteiger partial charge in [-0.15, -0.1) is 0 Å². The molecule has 0 heterocycles. The summed E-state index contributed by atoms with van der Waals surface area (Å²) in [6.45, 7) is 0. The number of rotatable bonds is 4. The molecule has 4 N–H and O–H groups in total. The van der Waals surface area contributed by atoms with Gasteiger partial charge in [0.1, 0.15) is 11.5 Å². The third kappa shape index (κ3) is 2.85. The van der Waals surface area contributed by atoms with Crippen LogP contribution in [0.25, 0.3) is 0 Å². The number of ketones is 1. The van der Waals surface area contributed by atoms with Gasteiger partial charge in [-0.3, -0.25) is 15.0 Å². The molecule has 0 aliphatic carbocycles. The molecule has 0 fully saturated rings. The van der Waals surface area contributed by atoms with Gasteiger partial charge in [-0.05, 0) is 18.2 Å². The Hall–Kier alpha value is -2.86. The van der Waals surface area contributed by atoms with Crippen LogP contribution in [0.15, 0.2) is 42.5 Å².